The second-order valence-corrected chi connectivity index (χ2v) is 9.02. The number of benzene rings is 3. The van der Waals surface area contributed by atoms with Gasteiger partial charge in [-0.1, -0.05) is 60.5 Å². The first-order valence-corrected chi connectivity index (χ1v) is 11.6. The van der Waals surface area contributed by atoms with Gasteiger partial charge >= 0.3 is 0 Å². The highest BCUT2D eigenvalue weighted by atomic mass is 35.5. The number of hydrogen-bond acceptors (Lipinski definition) is 2. The number of halogens is 1. The zero-order valence-electron chi connectivity index (χ0n) is 18.2. The van der Waals surface area contributed by atoms with Crippen molar-refractivity contribution in [3.8, 4) is 6.07 Å². The molecule has 1 amide bonds. The quantitative estimate of drug-likeness (QED) is 0.405. The van der Waals surface area contributed by atoms with Gasteiger partial charge in [0.05, 0.1) is 11.6 Å². The van der Waals surface area contributed by atoms with Gasteiger partial charge in [-0.3, -0.25) is 4.79 Å². The van der Waals surface area contributed by atoms with Gasteiger partial charge in [-0.15, -0.1) is 0 Å². The molecule has 0 aromatic heterocycles. The van der Waals surface area contributed by atoms with Crippen LogP contribution in [0.4, 0.5) is 5.69 Å². The maximum atomic E-state index is 13.6. The molecule has 32 heavy (non-hydrogen) atoms. The van der Waals surface area contributed by atoms with Gasteiger partial charge in [0.15, 0.2) is 0 Å². The van der Waals surface area contributed by atoms with Crippen LogP contribution in [-0.4, -0.2) is 11.9 Å². The molecular weight excluding hydrogens is 416 g/mol. The second-order valence-electron chi connectivity index (χ2n) is 8.59. The van der Waals surface area contributed by atoms with Crippen molar-refractivity contribution in [2.75, 3.05) is 4.90 Å². The normalized spacial score (nSPS) is 15.3. The van der Waals surface area contributed by atoms with E-state index in [1.54, 1.807) is 0 Å². The van der Waals surface area contributed by atoms with Crippen LogP contribution in [-0.2, 0) is 11.2 Å². The van der Waals surface area contributed by atoms with E-state index < -0.39 is 0 Å². The van der Waals surface area contributed by atoms with Crippen molar-refractivity contribution >= 4 is 23.2 Å². The van der Waals surface area contributed by atoms with Gasteiger partial charge in [0.1, 0.15) is 0 Å². The lowest BCUT2D eigenvalue weighted by Crippen LogP contribution is -2.47. The van der Waals surface area contributed by atoms with Crippen LogP contribution in [0.3, 0.4) is 0 Å². The Morgan fingerprint density at radius 3 is 2.41 bits per heavy atom. The Kier molecular flexibility index (Phi) is 6.93. The number of carbonyl (C=O) groups excluding carboxylic acids is 1. The van der Waals surface area contributed by atoms with E-state index in [0.717, 1.165) is 42.5 Å². The summed E-state index contributed by atoms with van der Waals surface area (Å²) in [5, 5.41) is 10.2. The zero-order chi connectivity index (χ0) is 22.5. The number of nitriles is 1. The maximum Gasteiger partial charge on any atom is 0.230 e. The van der Waals surface area contributed by atoms with E-state index in [1.807, 2.05) is 77.7 Å². The molecule has 3 nitrogen and oxygen atoms in total. The number of carbonyl (C=O) groups is 1. The standard InChI is InChI=1S/C28H27ClN2O/c1-20(31(26-11-3-2-4-12-26)28(32)23-8-6-9-23)27(18-21-13-15-25(29)16-14-21)24-10-5-7-22(17-24)19-30/h2-5,7,10-17,20,23,27H,6,8-9,18H2,1H3/t20?,27-/m1/s1. The molecule has 1 unspecified atom stereocenters. The molecule has 4 heteroatoms. The summed E-state index contributed by atoms with van der Waals surface area (Å²) in [5.41, 5.74) is 3.77. The van der Waals surface area contributed by atoms with Gasteiger partial charge < -0.3 is 4.90 Å². The molecule has 0 bridgehead atoms. The van der Waals surface area contributed by atoms with E-state index in [2.05, 4.69) is 19.1 Å². The lowest BCUT2D eigenvalue weighted by molar-refractivity contribution is -0.125. The summed E-state index contributed by atoms with van der Waals surface area (Å²) in [6, 6.07) is 27.8. The van der Waals surface area contributed by atoms with Crippen LogP contribution in [0, 0.1) is 17.2 Å². The molecular formula is C28H27ClN2O. The smallest absolute Gasteiger partial charge is 0.230 e. The van der Waals surface area contributed by atoms with Crippen LogP contribution < -0.4 is 4.90 Å². The summed E-state index contributed by atoms with van der Waals surface area (Å²) < 4.78 is 0. The Hall–Kier alpha value is -3.09. The van der Waals surface area contributed by atoms with Crippen molar-refractivity contribution < 1.29 is 4.79 Å². The molecule has 3 aromatic carbocycles. The first-order chi connectivity index (χ1) is 15.6. The third-order valence-electron chi connectivity index (χ3n) is 6.53. The van der Waals surface area contributed by atoms with Crippen LogP contribution in [0.1, 0.15) is 48.8 Å². The SMILES string of the molecule is CC([C@@H](Cc1ccc(Cl)cc1)c1cccc(C#N)c1)N(C(=O)C1CCC1)c1ccccc1. The van der Waals surface area contributed by atoms with Gasteiger partial charge in [-0.05, 0) is 73.7 Å². The third-order valence-corrected chi connectivity index (χ3v) is 6.78. The Balaban J connectivity index is 1.75. The Labute approximate surface area is 195 Å². The van der Waals surface area contributed by atoms with Crippen molar-refractivity contribution in [3.05, 3.63) is 101 Å². The topological polar surface area (TPSA) is 44.1 Å². The summed E-state index contributed by atoms with van der Waals surface area (Å²) in [6.07, 6.45) is 3.78. The first-order valence-electron chi connectivity index (χ1n) is 11.2. The number of rotatable bonds is 7. The molecule has 1 aliphatic rings. The average molecular weight is 443 g/mol. The maximum absolute atomic E-state index is 13.6. The largest absolute Gasteiger partial charge is 0.309 e. The number of anilines is 1. The fraction of sp³-hybridized carbons (Fsp3) is 0.286. The lowest BCUT2D eigenvalue weighted by Gasteiger charge is -2.39. The molecule has 0 radical (unpaired) electrons. The predicted molar refractivity (Wildman–Crippen MR) is 130 cm³/mol. The molecule has 0 N–H and O–H groups in total. The van der Waals surface area contributed by atoms with Crippen LogP contribution in [0.2, 0.25) is 5.02 Å². The van der Waals surface area contributed by atoms with Gasteiger partial charge in [-0.25, -0.2) is 0 Å². The minimum Gasteiger partial charge on any atom is -0.309 e. The molecule has 1 saturated carbocycles. The zero-order valence-corrected chi connectivity index (χ0v) is 19.0. The fourth-order valence-electron chi connectivity index (χ4n) is 4.46. The first kappa shape index (κ1) is 22.1. The monoisotopic (exact) mass is 442 g/mol. The fourth-order valence-corrected chi connectivity index (χ4v) is 4.59. The van der Waals surface area contributed by atoms with E-state index in [1.165, 1.54) is 0 Å². The predicted octanol–water partition coefficient (Wildman–Crippen LogP) is 6.76. The summed E-state index contributed by atoms with van der Waals surface area (Å²) >= 11 is 6.11. The Bertz CT molecular complexity index is 1100. The summed E-state index contributed by atoms with van der Waals surface area (Å²) in [4.78, 5) is 15.6. The van der Waals surface area contributed by atoms with Gasteiger partial charge in [0, 0.05) is 28.6 Å². The minimum absolute atomic E-state index is 0.0220. The van der Waals surface area contributed by atoms with Crippen LogP contribution >= 0.6 is 11.6 Å². The summed E-state index contributed by atoms with van der Waals surface area (Å²) in [5.74, 6) is 0.320. The van der Waals surface area contributed by atoms with Gasteiger partial charge in [0.2, 0.25) is 5.91 Å². The molecule has 2 atom stereocenters. The highest BCUT2D eigenvalue weighted by Gasteiger charge is 2.36. The van der Waals surface area contributed by atoms with Crippen LogP contribution in [0.25, 0.3) is 0 Å². The number of hydrogen-bond donors (Lipinski definition) is 0. The van der Waals surface area contributed by atoms with Gasteiger partial charge in [0.25, 0.3) is 0 Å². The van der Waals surface area contributed by atoms with Crippen LogP contribution in [0.5, 0.6) is 0 Å². The van der Waals surface area contributed by atoms with E-state index in [-0.39, 0.29) is 23.8 Å². The van der Waals surface area contributed by atoms with E-state index in [0.29, 0.717) is 10.6 Å². The molecule has 0 saturated heterocycles. The van der Waals surface area contributed by atoms with E-state index in [9.17, 15) is 10.1 Å². The second kappa shape index (κ2) is 10.0. The van der Waals surface area contributed by atoms with E-state index >= 15 is 0 Å². The number of amides is 1. The van der Waals surface area contributed by atoms with Crippen molar-refractivity contribution in [3.63, 3.8) is 0 Å². The Morgan fingerprint density at radius 2 is 1.78 bits per heavy atom. The number of nitrogens with zero attached hydrogens (tertiary/aromatic N) is 2. The molecule has 4 rings (SSSR count). The van der Waals surface area contributed by atoms with Gasteiger partial charge in [-0.2, -0.15) is 5.26 Å². The average Bonchev–Trinajstić information content (AvgIpc) is 2.78. The van der Waals surface area contributed by atoms with Crippen LogP contribution in [0.15, 0.2) is 78.9 Å². The van der Waals surface area contributed by atoms with E-state index in [4.69, 9.17) is 11.6 Å². The summed E-state index contributed by atoms with van der Waals surface area (Å²) in [7, 11) is 0. The van der Waals surface area contributed by atoms with Crippen molar-refractivity contribution in [1.29, 1.82) is 5.26 Å². The highest BCUT2D eigenvalue weighted by molar-refractivity contribution is 6.30. The minimum atomic E-state index is -0.0879. The molecule has 1 aliphatic carbocycles. The molecule has 1 fully saturated rings. The number of para-hydroxylation sites is 1. The summed E-state index contributed by atoms with van der Waals surface area (Å²) in [6.45, 7) is 2.13. The molecule has 0 spiro atoms. The molecule has 162 valence electrons. The highest BCUT2D eigenvalue weighted by Crippen LogP contribution is 2.36. The molecule has 0 aliphatic heterocycles. The van der Waals surface area contributed by atoms with Crippen molar-refractivity contribution in [2.45, 2.75) is 44.6 Å². The van der Waals surface area contributed by atoms with Crippen molar-refractivity contribution in [1.82, 2.24) is 0 Å². The lowest BCUT2D eigenvalue weighted by atomic mass is 9.81. The Morgan fingerprint density at radius 1 is 1.06 bits per heavy atom. The molecule has 3 aromatic rings. The molecule has 0 heterocycles. The third kappa shape index (κ3) is 4.87. The van der Waals surface area contributed by atoms with Crippen molar-refractivity contribution in [2.24, 2.45) is 5.92 Å².